The predicted octanol–water partition coefficient (Wildman–Crippen LogP) is 1.61. The second-order valence-electron chi connectivity index (χ2n) is 4.41. The van der Waals surface area contributed by atoms with Gasteiger partial charge in [-0.05, 0) is 33.6 Å². The summed E-state index contributed by atoms with van der Waals surface area (Å²) in [5.41, 5.74) is 1.11. The Kier molecular flexibility index (Phi) is 7.50. The van der Waals surface area contributed by atoms with Crippen LogP contribution in [0.5, 0.6) is 5.75 Å². The molecule has 0 heterocycles. The second kappa shape index (κ2) is 8.61. The van der Waals surface area contributed by atoms with Gasteiger partial charge in [0.1, 0.15) is 12.4 Å². The van der Waals surface area contributed by atoms with E-state index in [9.17, 15) is 8.42 Å². The van der Waals surface area contributed by atoms with E-state index in [1.165, 1.54) is 6.26 Å². The molecule has 0 aliphatic heterocycles. The first kappa shape index (κ1) is 17.4. The number of nitrogens with one attached hydrogen (secondary N) is 1. The molecule has 1 N–H and O–H groups in total. The third kappa shape index (κ3) is 7.23. The van der Waals surface area contributed by atoms with E-state index in [-0.39, 0.29) is 12.4 Å². The van der Waals surface area contributed by atoms with Crippen LogP contribution >= 0.6 is 15.9 Å². The molecule has 114 valence electrons. The van der Waals surface area contributed by atoms with E-state index >= 15 is 0 Å². The fourth-order valence-electron chi connectivity index (χ4n) is 1.48. The third-order valence-electron chi connectivity index (χ3n) is 2.52. The maximum atomic E-state index is 11.0. The van der Waals surface area contributed by atoms with Crippen molar-refractivity contribution < 1.29 is 17.9 Å². The number of sulfone groups is 1. The Morgan fingerprint density at radius 1 is 1.30 bits per heavy atom. The number of ether oxygens (including phenoxy) is 2. The van der Waals surface area contributed by atoms with Gasteiger partial charge in [-0.2, -0.15) is 0 Å². The van der Waals surface area contributed by atoms with E-state index in [1.807, 2.05) is 18.2 Å². The predicted molar refractivity (Wildman–Crippen MR) is 82.9 cm³/mol. The fourth-order valence-corrected chi connectivity index (χ4v) is 2.41. The zero-order chi connectivity index (χ0) is 15.0. The summed E-state index contributed by atoms with van der Waals surface area (Å²) >= 11 is 3.42. The van der Waals surface area contributed by atoms with Gasteiger partial charge in [-0.25, -0.2) is 8.42 Å². The van der Waals surface area contributed by atoms with Gasteiger partial charge in [0.05, 0.1) is 16.8 Å². The molecule has 0 aliphatic carbocycles. The number of rotatable bonds is 9. The molecule has 0 atom stereocenters. The Labute approximate surface area is 128 Å². The standard InChI is InChI=1S/C13H20BrNO4S/c1-18-6-5-15-10-11-3-4-13(12(14)9-11)19-7-8-20(2,16)17/h3-4,9,15H,5-8,10H2,1-2H3. The highest BCUT2D eigenvalue weighted by Crippen LogP contribution is 2.26. The number of benzene rings is 1. The molecule has 0 bridgehead atoms. The Hall–Kier alpha value is -0.630. The summed E-state index contributed by atoms with van der Waals surface area (Å²) in [6, 6.07) is 5.73. The molecule has 1 aromatic carbocycles. The van der Waals surface area contributed by atoms with Gasteiger partial charge in [0.25, 0.3) is 0 Å². The third-order valence-corrected chi connectivity index (χ3v) is 4.05. The SMILES string of the molecule is COCCNCc1ccc(OCCS(C)(=O)=O)c(Br)c1. The maximum absolute atomic E-state index is 11.0. The lowest BCUT2D eigenvalue weighted by atomic mass is 10.2. The molecular weight excluding hydrogens is 346 g/mol. The smallest absolute Gasteiger partial charge is 0.150 e. The molecule has 7 heteroatoms. The quantitative estimate of drug-likeness (QED) is 0.673. The number of hydrogen-bond donors (Lipinski definition) is 1. The number of methoxy groups -OCH3 is 1. The van der Waals surface area contributed by atoms with Crippen LogP contribution < -0.4 is 10.1 Å². The molecule has 0 amide bonds. The lowest BCUT2D eigenvalue weighted by Crippen LogP contribution is -2.18. The molecule has 0 fully saturated rings. The highest BCUT2D eigenvalue weighted by Gasteiger charge is 2.06. The molecule has 0 aliphatic rings. The van der Waals surface area contributed by atoms with Gasteiger partial charge >= 0.3 is 0 Å². The summed E-state index contributed by atoms with van der Waals surface area (Å²) in [6.45, 7) is 2.36. The first-order valence-electron chi connectivity index (χ1n) is 6.21. The van der Waals surface area contributed by atoms with Gasteiger partial charge in [-0.3, -0.25) is 0 Å². The Bertz CT molecular complexity index is 519. The van der Waals surface area contributed by atoms with Crippen LogP contribution in [0.4, 0.5) is 0 Å². The van der Waals surface area contributed by atoms with Crippen LogP contribution in [-0.2, 0) is 21.1 Å². The van der Waals surface area contributed by atoms with Crippen LogP contribution in [0.3, 0.4) is 0 Å². The minimum Gasteiger partial charge on any atom is -0.491 e. The topological polar surface area (TPSA) is 64.6 Å². The van der Waals surface area contributed by atoms with Gasteiger partial charge in [-0.1, -0.05) is 6.07 Å². The van der Waals surface area contributed by atoms with E-state index in [0.29, 0.717) is 12.4 Å². The van der Waals surface area contributed by atoms with Crippen molar-refractivity contribution in [2.24, 2.45) is 0 Å². The molecule has 0 aromatic heterocycles. The number of hydrogen-bond acceptors (Lipinski definition) is 5. The van der Waals surface area contributed by atoms with Crippen molar-refractivity contribution >= 4 is 25.8 Å². The van der Waals surface area contributed by atoms with E-state index in [2.05, 4.69) is 21.2 Å². The van der Waals surface area contributed by atoms with Crippen LogP contribution in [0.2, 0.25) is 0 Å². The van der Waals surface area contributed by atoms with E-state index < -0.39 is 9.84 Å². The normalized spacial score (nSPS) is 11.6. The van der Waals surface area contributed by atoms with Crippen molar-refractivity contribution in [2.45, 2.75) is 6.54 Å². The zero-order valence-corrected chi connectivity index (χ0v) is 14.1. The molecule has 5 nitrogen and oxygen atoms in total. The molecule has 1 rings (SSSR count). The summed E-state index contributed by atoms with van der Waals surface area (Å²) in [4.78, 5) is 0. The van der Waals surface area contributed by atoms with Gasteiger partial charge in [0.2, 0.25) is 0 Å². The van der Waals surface area contributed by atoms with Gasteiger partial charge in [0, 0.05) is 26.5 Å². The first-order valence-corrected chi connectivity index (χ1v) is 9.06. The average Bonchev–Trinajstić information content (AvgIpc) is 2.36. The summed E-state index contributed by atoms with van der Waals surface area (Å²) in [5, 5.41) is 3.25. The molecule has 0 saturated carbocycles. The zero-order valence-electron chi connectivity index (χ0n) is 11.7. The lowest BCUT2D eigenvalue weighted by Gasteiger charge is -2.10. The van der Waals surface area contributed by atoms with Crippen molar-refractivity contribution in [3.8, 4) is 5.75 Å². The van der Waals surface area contributed by atoms with Crippen molar-refractivity contribution in [1.29, 1.82) is 0 Å². The monoisotopic (exact) mass is 365 g/mol. The molecule has 0 radical (unpaired) electrons. The molecule has 0 spiro atoms. The molecule has 20 heavy (non-hydrogen) atoms. The highest BCUT2D eigenvalue weighted by molar-refractivity contribution is 9.10. The van der Waals surface area contributed by atoms with Gasteiger partial charge < -0.3 is 14.8 Å². The highest BCUT2D eigenvalue weighted by atomic mass is 79.9. The summed E-state index contributed by atoms with van der Waals surface area (Å²) in [7, 11) is -1.33. The van der Waals surface area contributed by atoms with Crippen LogP contribution in [0, 0.1) is 0 Å². The van der Waals surface area contributed by atoms with Crippen LogP contribution in [0.25, 0.3) is 0 Å². The van der Waals surface area contributed by atoms with Crippen LogP contribution in [0.15, 0.2) is 22.7 Å². The summed E-state index contributed by atoms with van der Waals surface area (Å²) < 4.78 is 33.3. The van der Waals surface area contributed by atoms with Gasteiger partial charge in [-0.15, -0.1) is 0 Å². The molecular formula is C13H20BrNO4S. The second-order valence-corrected chi connectivity index (χ2v) is 7.53. The van der Waals surface area contributed by atoms with Crippen molar-refractivity contribution in [1.82, 2.24) is 5.32 Å². The maximum Gasteiger partial charge on any atom is 0.150 e. The van der Waals surface area contributed by atoms with Crippen molar-refractivity contribution in [3.63, 3.8) is 0 Å². The fraction of sp³-hybridized carbons (Fsp3) is 0.538. The van der Waals surface area contributed by atoms with Gasteiger partial charge in [0.15, 0.2) is 9.84 Å². The first-order chi connectivity index (χ1) is 9.42. The Balaban J connectivity index is 2.46. The van der Waals surface area contributed by atoms with Crippen LogP contribution in [-0.4, -0.2) is 47.3 Å². The average molecular weight is 366 g/mol. The van der Waals surface area contributed by atoms with Crippen LogP contribution in [0.1, 0.15) is 5.56 Å². The minimum absolute atomic E-state index is 0.0137. The number of halogens is 1. The van der Waals surface area contributed by atoms with E-state index in [0.717, 1.165) is 23.1 Å². The Morgan fingerprint density at radius 2 is 2.05 bits per heavy atom. The molecule has 0 unspecified atom stereocenters. The Morgan fingerprint density at radius 3 is 2.65 bits per heavy atom. The minimum atomic E-state index is -2.99. The lowest BCUT2D eigenvalue weighted by molar-refractivity contribution is 0.199. The van der Waals surface area contributed by atoms with E-state index in [4.69, 9.17) is 9.47 Å². The summed E-state index contributed by atoms with van der Waals surface area (Å²) in [6.07, 6.45) is 1.19. The van der Waals surface area contributed by atoms with E-state index in [1.54, 1.807) is 7.11 Å². The van der Waals surface area contributed by atoms with Crippen molar-refractivity contribution in [3.05, 3.63) is 28.2 Å². The largest absolute Gasteiger partial charge is 0.491 e. The van der Waals surface area contributed by atoms with Crippen molar-refractivity contribution in [2.75, 3.05) is 38.9 Å². The molecule has 1 aromatic rings. The summed E-state index contributed by atoms with van der Waals surface area (Å²) in [5.74, 6) is 0.661. The molecule has 0 saturated heterocycles.